The van der Waals surface area contributed by atoms with Crippen molar-refractivity contribution in [1.29, 1.82) is 0 Å². The molecular formula is C13H21N3O2S. The zero-order chi connectivity index (χ0) is 14.0. The minimum Gasteiger partial charge on any atom is -0.329 e. The number of nitrogens with zero attached hydrogens (tertiary/aromatic N) is 2. The maximum absolute atomic E-state index is 11.6. The lowest BCUT2D eigenvalue weighted by molar-refractivity contribution is 0.191. The molecule has 2 N–H and O–H groups in total. The van der Waals surface area contributed by atoms with Gasteiger partial charge in [0.15, 0.2) is 9.84 Å². The van der Waals surface area contributed by atoms with Gasteiger partial charge in [0.2, 0.25) is 0 Å². The van der Waals surface area contributed by atoms with Crippen LogP contribution in [0.15, 0.2) is 18.5 Å². The molecule has 106 valence electrons. The molecule has 1 aliphatic heterocycles. The second kappa shape index (κ2) is 5.56. The van der Waals surface area contributed by atoms with Gasteiger partial charge in [-0.1, -0.05) is 0 Å². The van der Waals surface area contributed by atoms with Crippen molar-refractivity contribution in [3.8, 4) is 0 Å². The molecule has 6 heteroatoms. The highest BCUT2D eigenvalue weighted by Crippen LogP contribution is 2.27. The fraction of sp³-hybridized carbons (Fsp3) is 0.615. The molecule has 0 amide bonds. The number of hydrogen-bond acceptors (Lipinski definition) is 5. The first-order valence-corrected chi connectivity index (χ1v) is 8.29. The average molecular weight is 283 g/mol. The molecule has 0 spiro atoms. The van der Waals surface area contributed by atoms with Crippen LogP contribution < -0.4 is 5.73 Å². The number of aryl methyl sites for hydroxylation is 1. The molecule has 1 aromatic rings. The van der Waals surface area contributed by atoms with Crippen LogP contribution in [0.25, 0.3) is 0 Å². The predicted molar refractivity (Wildman–Crippen MR) is 75.6 cm³/mol. The average Bonchev–Trinajstić information content (AvgIpc) is 2.73. The van der Waals surface area contributed by atoms with Gasteiger partial charge in [-0.05, 0) is 37.6 Å². The maximum Gasteiger partial charge on any atom is 0.151 e. The van der Waals surface area contributed by atoms with Crippen LogP contribution in [-0.2, 0) is 9.84 Å². The van der Waals surface area contributed by atoms with Crippen LogP contribution in [-0.4, -0.2) is 49.4 Å². The highest BCUT2D eigenvalue weighted by molar-refractivity contribution is 7.91. The third kappa shape index (κ3) is 3.13. The Morgan fingerprint density at radius 2 is 2.32 bits per heavy atom. The summed E-state index contributed by atoms with van der Waals surface area (Å²) in [7, 11) is -0.919. The molecule has 2 atom stereocenters. The lowest BCUT2D eigenvalue weighted by atomic mass is 10.0. The Morgan fingerprint density at radius 1 is 1.58 bits per heavy atom. The molecular weight excluding hydrogens is 262 g/mol. The van der Waals surface area contributed by atoms with Gasteiger partial charge in [0.25, 0.3) is 0 Å². The van der Waals surface area contributed by atoms with Crippen molar-refractivity contribution in [3.63, 3.8) is 0 Å². The first-order chi connectivity index (χ1) is 8.94. The van der Waals surface area contributed by atoms with Gasteiger partial charge < -0.3 is 5.73 Å². The Bertz CT molecular complexity index is 545. The molecule has 2 rings (SSSR count). The van der Waals surface area contributed by atoms with Gasteiger partial charge in [-0.15, -0.1) is 0 Å². The normalized spacial score (nSPS) is 23.7. The van der Waals surface area contributed by atoms with Gasteiger partial charge in [-0.2, -0.15) is 0 Å². The van der Waals surface area contributed by atoms with E-state index in [2.05, 4.69) is 9.88 Å². The van der Waals surface area contributed by atoms with E-state index < -0.39 is 9.84 Å². The minimum atomic E-state index is -2.87. The SMILES string of the molecule is Cc1ccncc1C(CN)N(C)C1CCS(=O)(=O)C1. The first kappa shape index (κ1) is 14.4. The van der Waals surface area contributed by atoms with Gasteiger partial charge >= 0.3 is 0 Å². The van der Waals surface area contributed by atoms with E-state index in [9.17, 15) is 8.42 Å². The Labute approximate surface area is 114 Å². The molecule has 19 heavy (non-hydrogen) atoms. The molecule has 0 radical (unpaired) electrons. The predicted octanol–water partition coefficient (Wildman–Crippen LogP) is 0.509. The summed E-state index contributed by atoms with van der Waals surface area (Å²) in [5, 5.41) is 0. The molecule has 0 bridgehead atoms. The van der Waals surface area contributed by atoms with E-state index >= 15 is 0 Å². The zero-order valence-electron chi connectivity index (χ0n) is 11.4. The molecule has 1 fully saturated rings. The van der Waals surface area contributed by atoms with Crippen molar-refractivity contribution in [1.82, 2.24) is 9.88 Å². The van der Waals surface area contributed by atoms with Crippen molar-refractivity contribution in [2.75, 3.05) is 25.1 Å². The second-order valence-electron chi connectivity index (χ2n) is 5.21. The van der Waals surface area contributed by atoms with E-state index in [1.54, 1.807) is 6.20 Å². The van der Waals surface area contributed by atoms with Crippen LogP contribution >= 0.6 is 0 Å². The number of hydrogen-bond donors (Lipinski definition) is 1. The van der Waals surface area contributed by atoms with E-state index in [4.69, 9.17) is 5.73 Å². The highest BCUT2D eigenvalue weighted by atomic mass is 32.2. The maximum atomic E-state index is 11.6. The highest BCUT2D eigenvalue weighted by Gasteiger charge is 2.33. The first-order valence-electron chi connectivity index (χ1n) is 6.47. The summed E-state index contributed by atoms with van der Waals surface area (Å²) >= 11 is 0. The monoisotopic (exact) mass is 283 g/mol. The summed E-state index contributed by atoms with van der Waals surface area (Å²) in [5.74, 6) is 0.518. The molecule has 0 aromatic carbocycles. The van der Waals surface area contributed by atoms with Crippen LogP contribution in [0.4, 0.5) is 0 Å². The van der Waals surface area contributed by atoms with E-state index in [1.165, 1.54) is 0 Å². The molecule has 2 heterocycles. The summed E-state index contributed by atoms with van der Waals surface area (Å²) in [6.45, 7) is 2.48. The van der Waals surface area contributed by atoms with Crippen LogP contribution in [0.3, 0.4) is 0 Å². The second-order valence-corrected chi connectivity index (χ2v) is 7.43. The fourth-order valence-corrected chi connectivity index (χ4v) is 4.47. The molecule has 1 saturated heterocycles. The van der Waals surface area contributed by atoms with Gasteiger partial charge in [-0.3, -0.25) is 9.88 Å². The van der Waals surface area contributed by atoms with E-state index in [0.717, 1.165) is 11.1 Å². The quantitative estimate of drug-likeness (QED) is 0.871. The van der Waals surface area contributed by atoms with Crippen molar-refractivity contribution >= 4 is 9.84 Å². The molecule has 1 aromatic heterocycles. The van der Waals surface area contributed by atoms with Crippen LogP contribution in [0.5, 0.6) is 0 Å². The Hall–Kier alpha value is -0.980. The van der Waals surface area contributed by atoms with Gasteiger partial charge in [0, 0.05) is 31.0 Å². The van der Waals surface area contributed by atoms with Gasteiger partial charge in [-0.25, -0.2) is 8.42 Å². The van der Waals surface area contributed by atoms with Crippen molar-refractivity contribution in [3.05, 3.63) is 29.6 Å². The van der Waals surface area contributed by atoms with Crippen molar-refractivity contribution in [2.24, 2.45) is 5.73 Å². The molecule has 0 saturated carbocycles. The van der Waals surface area contributed by atoms with Crippen molar-refractivity contribution < 1.29 is 8.42 Å². The topological polar surface area (TPSA) is 76.3 Å². The number of rotatable bonds is 4. The number of pyridine rings is 1. The zero-order valence-corrected chi connectivity index (χ0v) is 12.2. The summed E-state index contributed by atoms with van der Waals surface area (Å²) in [4.78, 5) is 6.24. The number of likely N-dealkylation sites (N-methyl/N-ethyl adjacent to an activating group) is 1. The van der Waals surface area contributed by atoms with E-state index in [1.807, 2.05) is 26.2 Å². The number of sulfone groups is 1. The van der Waals surface area contributed by atoms with Crippen LogP contribution in [0, 0.1) is 6.92 Å². The lowest BCUT2D eigenvalue weighted by Crippen LogP contribution is -2.39. The smallest absolute Gasteiger partial charge is 0.151 e. The van der Waals surface area contributed by atoms with Crippen LogP contribution in [0.1, 0.15) is 23.6 Å². The summed E-state index contributed by atoms with van der Waals surface area (Å²) in [6, 6.07) is 2.03. The van der Waals surface area contributed by atoms with Crippen molar-refractivity contribution in [2.45, 2.75) is 25.4 Å². The third-order valence-electron chi connectivity index (χ3n) is 3.94. The standard InChI is InChI=1S/C13H21N3O2S/c1-10-3-5-15-8-12(10)13(7-14)16(2)11-4-6-19(17,18)9-11/h3,5,8,11,13H,4,6-7,9,14H2,1-2H3. The van der Waals surface area contributed by atoms with E-state index in [0.29, 0.717) is 13.0 Å². The van der Waals surface area contributed by atoms with Gasteiger partial charge in [0.05, 0.1) is 11.5 Å². The van der Waals surface area contributed by atoms with Gasteiger partial charge in [0.1, 0.15) is 0 Å². The van der Waals surface area contributed by atoms with E-state index in [-0.39, 0.29) is 23.6 Å². The third-order valence-corrected chi connectivity index (χ3v) is 5.69. The largest absolute Gasteiger partial charge is 0.329 e. The number of nitrogens with two attached hydrogens (primary N) is 1. The van der Waals surface area contributed by atoms with Crippen LogP contribution in [0.2, 0.25) is 0 Å². The molecule has 2 unspecified atom stereocenters. The number of aromatic nitrogens is 1. The Kier molecular flexibility index (Phi) is 4.23. The minimum absolute atomic E-state index is 0.0204. The fourth-order valence-electron chi connectivity index (χ4n) is 2.69. The lowest BCUT2D eigenvalue weighted by Gasteiger charge is -2.32. The summed E-state index contributed by atoms with van der Waals surface area (Å²) in [6.07, 6.45) is 4.27. The Balaban J connectivity index is 2.21. The summed E-state index contributed by atoms with van der Waals surface area (Å²) < 4.78 is 23.2. The Morgan fingerprint density at radius 3 is 2.84 bits per heavy atom. The molecule has 5 nitrogen and oxygen atoms in total. The summed E-state index contributed by atoms with van der Waals surface area (Å²) in [5.41, 5.74) is 8.11. The molecule has 1 aliphatic rings. The molecule has 0 aliphatic carbocycles.